The van der Waals surface area contributed by atoms with E-state index in [1.165, 1.54) is 32.1 Å². The predicted octanol–water partition coefficient (Wildman–Crippen LogP) is 1.16. The molecule has 0 aromatic carbocycles. The average molecular weight is 268 g/mol. The first-order valence-electron chi connectivity index (χ1n) is 8.24. The van der Waals surface area contributed by atoms with Crippen molar-refractivity contribution in [1.29, 1.82) is 0 Å². The van der Waals surface area contributed by atoms with Gasteiger partial charge in [0.2, 0.25) is 0 Å². The summed E-state index contributed by atoms with van der Waals surface area (Å²) < 4.78 is 6.14. The van der Waals surface area contributed by atoms with E-state index >= 15 is 0 Å². The highest BCUT2D eigenvalue weighted by atomic mass is 16.5. The minimum absolute atomic E-state index is 0.306. The van der Waals surface area contributed by atoms with Gasteiger partial charge in [-0.05, 0) is 69.6 Å². The minimum atomic E-state index is -0.306. The molecule has 0 unspecified atom stereocenters. The summed E-state index contributed by atoms with van der Waals surface area (Å²) in [6.07, 6.45) is 7.22. The Bertz CT molecular complexity index is 277. The normalized spacial score (nSPS) is 42.0. The Kier molecular flexibility index (Phi) is 4.16. The highest BCUT2D eigenvalue weighted by molar-refractivity contribution is 4.99. The van der Waals surface area contributed by atoms with Crippen LogP contribution in [0.15, 0.2) is 0 Å². The maximum Gasteiger partial charge on any atom is 0.126 e. The standard InChI is InChI=1S/C16H29NO2/c1-10(2)17-8-15(18)9-19-16-13-4-11-3-12(6-13)7-14(16)5-11/h10-18H,3-9H2,1-2H3/p+1/t11?,12?,13?,14?,15-,16?/m1/s1. The summed E-state index contributed by atoms with van der Waals surface area (Å²) >= 11 is 0. The Morgan fingerprint density at radius 3 is 2.16 bits per heavy atom. The summed E-state index contributed by atoms with van der Waals surface area (Å²) in [5.41, 5.74) is 0. The van der Waals surface area contributed by atoms with Crippen molar-refractivity contribution in [2.24, 2.45) is 23.7 Å². The summed E-state index contributed by atoms with van der Waals surface area (Å²) in [6.45, 7) is 5.62. The van der Waals surface area contributed by atoms with Crippen LogP contribution in [0.5, 0.6) is 0 Å². The van der Waals surface area contributed by atoms with Gasteiger partial charge in [-0.2, -0.15) is 0 Å². The second-order valence-corrected chi connectivity index (χ2v) is 7.60. The van der Waals surface area contributed by atoms with Crippen LogP contribution in [-0.2, 0) is 4.74 Å². The molecule has 0 aromatic rings. The first-order valence-corrected chi connectivity index (χ1v) is 8.24. The third kappa shape index (κ3) is 3.14. The van der Waals surface area contributed by atoms with E-state index in [4.69, 9.17) is 4.74 Å². The Morgan fingerprint density at radius 2 is 1.63 bits per heavy atom. The molecule has 3 N–H and O–H groups in total. The van der Waals surface area contributed by atoms with Gasteiger partial charge in [0.1, 0.15) is 12.6 Å². The van der Waals surface area contributed by atoms with Crippen LogP contribution in [0.1, 0.15) is 46.0 Å². The second-order valence-electron chi connectivity index (χ2n) is 7.60. The molecular weight excluding hydrogens is 238 g/mol. The van der Waals surface area contributed by atoms with Gasteiger partial charge in [0.25, 0.3) is 0 Å². The van der Waals surface area contributed by atoms with Crippen LogP contribution in [0.25, 0.3) is 0 Å². The molecule has 19 heavy (non-hydrogen) atoms. The summed E-state index contributed by atoms with van der Waals surface area (Å²) in [4.78, 5) is 0. The van der Waals surface area contributed by atoms with Crippen molar-refractivity contribution in [2.75, 3.05) is 13.2 Å². The van der Waals surface area contributed by atoms with Crippen molar-refractivity contribution in [3.05, 3.63) is 0 Å². The zero-order valence-corrected chi connectivity index (χ0v) is 12.4. The Balaban J connectivity index is 1.45. The molecule has 1 atom stereocenters. The molecule has 0 heterocycles. The quantitative estimate of drug-likeness (QED) is 0.759. The van der Waals surface area contributed by atoms with E-state index in [2.05, 4.69) is 19.2 Å². The lowest BCUT2D eigenvalue weighted by atomic mass is 9.55. The van der Waals surface area contributed by atoms with Gasteiger partial charge in [0, 0.05) is 0 Å². The van der Waals surface area contributed by atoms with E-state index in [9.17, 15) is 5.11 Å². The fraction of sp³-hybridized carbons (Fsp3) is 1.00. The Labute approximate surface area is 117 Å². The van der Waals surface area contributed by atoms with E-state index in [1.54, 1.807) is 0 Å². The van der Waals surface area contributed by atoms with E-state index < -0.39 is 0 Å². The van der Waals surface area contributed by atoms with Crippen LogP contribution < -0.4 is 5.32 Å². The van der Waals surface area contributed by atoms with E-state index in [0.717, 1.165) is 30.2 Å². The molecule has 0 aromatic heterocycles. The first kappa shape index (κ1) is 13.8. The van der Waals surface area contributed by atoms with Gasteiger partial charge in [0.05, 0.1) is 18.8 Å². The molecule has 0 aliphatic heterocycles. The third-order valence-electron chi connectivity index (χ3n) is 5.50. The molecule has 4 saturated carbocycles. The van der Waals surface area contributed by atoms with Gasteiger partial charge in [-0.1, -0.05) is 0 Å². The number of quaternary nitrogens is 1. The molecular formula is C16H30NO2+. The average Bonchev–Trinajstić information content (AvgIpc) is 2.34. The molecule has 3 nitrogen and oxygen atoms in total. The summed E-state index contributed by atoms with van der Waals surface area (Å²) in [6, 6.07) is 0.552. The SMILES string of the molecule is CC(C)[NH2+]C[C@@H](O)COC1C2CC3CC(C2)CC1C3. The number of hydrogen-bond acceptors (Lipinski definition) is 2. The van der Waals surface area contributed by atoms with Gasteiger partial charge < -0.3 is 15.2 Å². The van der Waals surface area contributed by atoms with Gasteiger partial charge >= 0.3 is 0 Å². The molecule has 4 aliphatic carbocycles. The summed E-state index contributed by atoms with van der Waals surface area (Å²) in [5.74, 6) is 3.61. The third-order valence-corrected chi connectivity index (χ3v) is 5.50. The van der Waals surface area contributed by atoms with Crippen molar-refractivity contribution >= 4 is 0 Å². The molecule has 110 valence electrons. The van der Waals surface area contributed by atoms with Gasteiger partial charge in [-0.25, -0.2) is 0 Å². The monoisotopic (exact) mass is 268 g/mol. The molecule has 4 aliphatic rings. The van der Waals surface area contributed by atoms with Crippen LogP contribution in [-0.4, -0.2) is 36.5 Å². The lowest BCUT2D eigenvalue weighted by molar-refractivity contribution is -0.688. The highest BCUT2D eigenvalue weighted by Crippen LogP contribution is 2.54. The maximum atomic E-state index is 10.00. The second kappa shape index (κ2) is 5.71. The van der Waals surface area contributed by atoms with Crippen molar-refractivity contribution in [3.8, 4) is 0 Å². The molecule has 4 fully saturated rings. The molecule has 0 saturated heterocycles. The van der Waals surface area contributed by atoms with Crippen LogP contribution >= 0.6 is 0 Å². The number of aliphatic hydroxyl groups excluding tert-OH is 1. The zero-order valence-electron chi connectivity index (χ0n) is 12.4. The van der Waals surface area contributed by atoms with Crippen molar-refractivity contribution in [3.63, 3.8) is 0 Å². The smallest absolute Gasteiger partial charge is 0.126 e. The van der Waals surface area contributed by atoms with Crippen molar-refractivity contribution in [1.82, 2.24) is 0 Å². The van der Waals surface area contributed by atoms with E-state index in [0.29, 0.717) is 18.8 Å². The van der Waals surface area contributed by atoms with E-state index in [1.807, 2.05) is 0 Å². The molecule has 0 spiro atoms. The van der Waals surface area contributed by atoms with Crippen LogP contribution in [0.2, 0.25) is 0 Å². The van der Waals surface area contributed by atoms with Crippen molar-refractivity contribution < 1.29 is 15.2 Å². The summed E-state index contributed by atoms with van der Waals surface area (Å²) in [5, 5.41) is 12.2. The van der Waals surface area contributed by atoms with Gasteiger partial charge in [0.15, 0.2) is 0 Å². The molecule has 4 bridgehead atoms. The number of ether oxygens (including phenoxy) is 1. The number of aliphatic hydroxyl groups is 1. The number of rotatable bonds is 6. The Hall–Kier alpha value is -0.120. The molecule has 4 rings (SSSR count). The molecule has 0 radical (unpaired) electrons. The molecule has 3 heteroatoms. The maximum absolute atomic E-state index is 10.00. The fourth-order valence-corrected chi connectivity index (χ4v) is 4.87. The van der Waals surface area contributed by atoms with Crippen LogP contribution in [0.3, 0.4) is 0 Å². The lowest BCUT2D eigenvalue weighted by Crippen LogP contribution is -2.90. The minimum Gasteiger partial charge on any atom is -0.385 e. The van der Waals surface area contributed by atoms with Crippen LogP contribution in [0.4, 0.5) is 0 Å². The predicted molar refractivity (Wildman–Crippen MR) is 74.7 cm³/mol. The highest BCUT2D eigenvalue weighted by Gasteiger charge is 2.48. The molecule has 0 amide bonds. The number of hydrogen-bond donors (Lipinski definition) is 2. The summed E-state index contributed by atoms with van der Waals surface area (Å²) in [7, 11) is 0. The van der Waals surface area contributed by atoms with Gasteiger partial charge in [-0.3, -0.25) is 0 Å². The first-order chi connectivity index (χ1) is 9.11. The van der Waals surface area contributed by atoms with Crippen LogP contribution in [0, 0.1) is 23.7 Å². The topological polar surface area (TPSA) is 46.1 Å². The van der Waals surface area contributed by atoms with E-state index in [-0.39, 0.29) is 6.10 Å². The lowest BCUT2D eigenvalue weighted by Gasteiger charge is -2.54. The Morgan fingerprint density at radius 1 is 1.05 bits per heavy atom. The largest absolute Gasteiger partial charge is 0.385 e. The fourth-order valence-electron chi connectivity index (χ4n) is 4.87. The van der Waals surface area contributed by atoms with Crippen molar-refractivity contribution in [2.45, 2.75) is 64.2 Å². The zero-order chi connectivity index (χ0) is 13.4. The number of nitrogens with two attached hydrogens (primary N) is 1. The van der Waals surface area contributed by atoms with Gasteiger partial charge in [-0.15, -0.1) is 0 Å².